The summed E-state index contributed by atoms with van der Waals surface area (Å²) in [6.45, 7) is 4.25. The molecule has 5 heteroatoms. The number of aliphatic hydroxyl groups is 1. The molecule has 1 aromatic heterocycles. The van der Waals surface area contributed by atoms with Gasteiger partial charge in [0.05, 0.1) is 11.8 Å². The molecule has 1 atom stereocenters. The first kappa shape index (κ1) is 17.2. The highest BCUT2D eigenvalue weighted by molar-refractivity contribution is 5.76. The van der Waals surface area contributed by atoms with Gasteiger partial charge in [-0.25, -0.2) is 0 Å². The van der Waals surface area contributed by atoms with Crippen molar-refractivity contribution in [2.75, 3.05) is 6.54 Å². The highest BCUT2D eigenvalue weighted by Gasteiger charge is 2.12. The minimum absolute atomic E-state index is 0.0419. The molecule has 2 N–H and O–H groups in total. The molecule has 0 bridgehead atoms. The van der Waals surface area contributed by atoms with Gasteiger partial charge in [-0.2, -0.15) is 5.10 Å². The van der Waals surface area contributed by atoms with Crippen molar-refractivity contribution >= 4 is 5.91 Å². The Morgan fingerprint density at radius 2 is 2.00 bits per heavy atom. The SMILES string of the molecule is Cc1nn(C)c(C)c1CCC(=O)NCC(O)Cc1ccccc1. The van der Waals surface area contributed by atoms with E-state index >= 15 is 0 Å². The number of nitrogens with zero attached hydrogens (tertiary/aromatic N) is 2. The second-order valence-corrected chi connectivity index (χ2v) is 5.92. The Bertz CT molecular complexity index is 650. The van der Waals surface area contributed by atoms with E-state index in [0.29, 0.717) is 19.3 Å². The number of nitrogens with one attached hydrogen (secondary N) is 1. The Morgan fingerprint density at radius 1 is 1.30 bits per heavy atom. The van der Waals surface area contributed by atoms with Gasteiger partial charge in [-0.3, -0.25) is 9.48 Å². The van der Waals surface area contributed by atoms with Crippen molar-refractivity contribution in [1.29, 1.82) is 0 Å². The lowest BCUT2D eigenvalue weighted by Gasteiger charge is -2.12. The molecular weight excluding hydrogens is 290 g/mol. The number of hydrogen-bond donors (Lipinski definition) is 2. The number of aryl methyl sites for hydroxylation is 2. The predicted octanol–water partition coefficient (Wildman–Crippen LogP) is 1.69. The van der Waals surface area contributed by atoms with E-state index in [-0.39, 0.29) is 12.5 Å². The molecule has 0 aliphatic rings. The fourth-order valence-electron chi connectivity index (χ4n) is 2.70. The molecule has 0 aliphatic carbocycles. The summed E-state index contributed by atoms with van der Waals surface area (Å²) in [7, 11) is 1.91. The molecule has 0 spiro atoms. The number of carbonyl (C=O) groups excluding carboxylic acids is 1. The smallest absolute Gasteiger partial charge is 0.220 e. The zero-order valence-corrected chi connectivity index (χ0v) is 14.0. The molecule has 2 rings (SSSR count). The van der Waals surface area contributed by atoms with E-state index in [4.69, 9.17) is 0 Å². The van der Waals surface area contributed by atoms with Crippen LogP contribution in [0.3, 0.4) is 0 Å². The van der Waals surface area contributed by atoms with E-state index in [1.807, 2.05) is 55.9 Å². The standard InChI is InChI=1S/C18H25N3O2/c1-13-17(14(2)21(3)20-13)9-10-18(23)19-12-16(22)11-15-7-5-4-6-8-15/h4-8,16,22H,9-12H2,1-3H3,(H,19,23). The van der Waals surface area contributed by atoms with Crippen LogP contribution >= 0.6 is 0 Å². The second kappa shape index (κ2) is 7.92. The van der Waals surface area contributed by atoms with E-state index in [9.17, 15) is 9.90 Å². The number of rotatable bonds is 7. The highest BCUT2D eigenvalue weighted by atomic mass is 16.3. The van der Waals surface area contributed by atoms with Gasteiger partial charge in [0.2, 0.25) is 5.91 Å². The van der Waals surface area contributed by atoms with Crippen LogP contribution in [0.4, 0.5) is 0 Å². The Morgan fingerprint density at radius 3 is 2.61 bits per heavy atom. The topological polar surface area (TPSA) is 67.2 Å². The first-order valence-electron chi connectivity index (χ1n) is 7.95. The van der Waals surface area contributed by atoms with E-state index < -0.39 is 6.10 Å². The largest absolute Gasteiger partial charge is 0.391 e. The summed E-state index contributed by atoms with van der Waals surface area (Å²) in [5.74, 6) is -0.0419. The van der Waals surface area contributed by atoms with Crippen molar-refractivity contribution in [3.05, 3.63) is 52.8 Å². The van der Waals surface area contributed by atoms with Crippen LogP contribution in [0.15, 0.2) is 30.3 Å². The molecule has 1 heterocycles. The maximum Gasteiger partial charge on any atom is 0.220 e. The lowest BCUT2D eigenvalue weighted by Crippen LogP contribution is -2.33. The third-order valence-corrected chi connectivity index (χ3v) is 4.11. The molecule has 1 aromatic carbocycles. The first-order chi connectivity index (χ1) is 11.0. The summed E-state index contributed by atoms with van der Waals surface area (Å²) in [5, 5.41) is 17.2. The predicted molar refractivity (Wildman–Crippen MR) is 90.2 cm³/mol. The Hall–Kier alpha value is -2.14. The number of benzene rings is 1. The third kappa shape index (κ3) is 4.93. The quantitative estimate of drug-likeness (QED) is 0.817. The van der Waals surface area contributed by atoms with Crippen molar-refractivity contribution in [3.8, 4) is 0 Å². The van der Waals surface area contributed by atoms with Crippen molar-refractivity contribution in [2.24, 2.45) is 7.05 Å². The normalized spacial score (nSPS) is 12.2. The number of aromatic nitrogens is 2. The minimum Gasteiger partial charge on any atom is -0.391 e. The first-order valence-corrected chi connectivity index (χ1v) is 7.95. The summed E-state index contributed by atoms with van der Waals surface area (Å²) in [6, 6.07) is 9.77. The number of aliphatic hydroxyl groups excluding tert-OH is 1. The number of hydrogen-bond acceptors (Lipinski definition) is 3. The van der Waals surface area contributed by atoms with Crippen molar-refractivity contribution in [1.82, 2.24) is 15.1 Å². The third-order valence-electron chi connectivity index (χ3n) is 4.11. The Kier molecular flexibility index (Phi) is 5.93. The molecule has 5 nitrogen and oxygen atoms in total. The highest BCUT2D eigenvalue weighted by Crippen LogP contribution is 2.13. The molecule has 124 valence electrons. The zero-order valence-electron chi connectivity index (χ0n) is 14.0. The van der Waals surface area contributed by atoms with Crippen LogP contribution in [-0.2, 0) is 24.7 Å². The molecule has 0 saturated heterocycles. The average Bonchev–Trinajstić information content (AvgIpc) is 2.77. The van der Waals surface area contributed by atoms with Gasteiger partial charge in [-0.1, -0.05) is 30.3 Å². The van der Waals surface area contributed by atoms with Gasteiger partial charge in [0.1, 0.15) is 0 Å². The molecule has 0 saturated carbocycles. The monoisotopic (exact) mass is 315 g/mol. The number of carbonyl (C=O) groups is 1. The van der Waals surface area contributed by atoms with E-state index in [1.54, 1.807) is 0 Å². The minimum atomic E-state index is -0.566. The summed E-state index contributed by atoms with van der Waals surface area (Å²) in [5.41, 5.74) is 4.27. The molecule has 0 fully saturated rings. The molecular formula is C18H25N3O2. The molecule has 0 aliphatic heterocycles. The van der Waals surface area contributed by atoms with Crippen molar-refractivity contribution < 1.29 is 9.90 Å². The van der Waals surface area contributed by atoms with Gasteiger partial charge in [-0.05, 0) is 31.4 Å². The van der Waals surface area contributed by atoms with Gasteiger partial charge in [0.15, 0.2) is 0 Å². The summed E-state index contributed by atoms with van der Waals surface area (Å²) >= 11 is 0. The van der Waals surface area contributed by atoms with Crippen LogP contribution in [0.5, 0.6) is 0 Å². The zero-order chi connectivity index (χ0) is 16.8. The molecule has 0 radical (unpaired) electrons. The van der Waals surface area contributed by atoms with Gasteiger partial charge < -0.3 is 10.4 Å². The van der Waals surface area contributed by atoms with Gasteiger partial charge >= 0.3 is 0 Å². The maximum atomic E-state index is 12.0. The Balaban J connectivity index is 1.74. The molecule has 1 unspecified atom stereocenters. The summed E-state index contributed by atoms with van der Waals surface area (Å²) in [6.07, 6.45) is 1.06. The van der Waals surface area contributed by atoms with Crippen LogP contribution in [0, 0.1) is 13.8 Å². The van der Waals surface area contributed by atoms with Crippen LogP contribution in [-0.4, -0.2) is 33.4 Å². The molecule has 1 amide bonds. The lowest BCUT2D eigenvalue weighted by atomic mass is 10.1. The van der Waals surface area contributed by atoms with Crippen molar-refractivity contribution in [3.63, 3.8) is 0 Å². The lowest BCUT2D eigenvalue weighted by molar-refractivity contribution is -0.121. The van der Waals surface area contributed by atoms with Crippen LogP contribution < -0.4 is 5.32 Å². The molecule has 2 aromatic rings. The fraction of sp³-hybridized carbons (Fsp3) is 0.444. The fourth-order valence-corrected chi connectivity index (χ4v) is 2.70. The van der Waals surface area contributed by atoms with E-state index in [0.717, 1.165) is 22.5 Å². The van der Waals surface area contributed by atoms with Gasteiger partial charge in [0, 0.05) is 32.1 Å². The molecule has 23 heavy (non-hydrogen) atoms. The van der Waals surface area contributed by atoms with E-state index in [1.165, 1.54) is 0 Å². The Labute approximate surface area is 137 Å². The van der Waals surface area contributed by atoms with Gasteiger partial charge in [0.25, 0.3) is 0 Å². The summed E-state index contributed by atoms with van der Waals surface area (Å²) < 4.78 is 1.84. The summed E-state index contributed by atoms with van der Waals surface area (Å²) in [4.78, 5) is 12.0. The second-order valence-electron chi connectivity index (χ2n) is 5.92. The van der Waals surface area contributed by atoms with Crippen molar-refractivity contribution in [2.45, 2.75) is 39.2 Å². The van der Waals surface area contributed by atoms with Crippen LogP contribution in [0.25, 0.3) is 0 Å². The van der Waals surface area contributed by atoms with Crippen LogP contribution in [0.1, 0.15) is 28.9 Å². The van der Waals surface area contributed by atoms with E-state index in [2.05, 4.69) is 10.4 Å². The van der Waals surface area contributed by atoms with Gasteiger partial charge in [-0.15, -0.1) is 0 Å². The maximum absolute atomic E-state index is 12.0. The average molecular weight is 315 g/mol. The van der Waals surface area contributed by atoms with Crippen LogP contribution in [0.2, 0.25) is 0 Å². The number of amides is 1.